The summed E-state index contributed by atoms with van der Waals surface area (Å²) in [4.78, 5) is 0. The zero-order valence-corrected chi connectivity index (χ0v) is 11.8. The second-order valence-electron chi connectivity index (χ2n) is 5.45. The summed E-state index contributed by atoms with van der Waals surface area (Å²) < 4.78 is 0. The Labute approximate surface area is 114 Å². The van der Waals surface area contributed by atoms with Crippen molar-refractivity contribution < 1.29 is 5.11 Å². The van der Waals surface area contributed by atoms with Gasteiger partial charge >= 0.3 is 0 Å². The maximum absolute atomic E-state index is 10.6. The molecule has 0 heterocycles. The summed E-state index contributed by atoms with van der Waals surface area (Å²) in [6, 6.07) is 5.81. The van der Waals surface area contributed by atoms with Gasteiger partial charge in [-0.2, -0.15) is 0 Å². The van der Waals surface area contributed by atoms with Crippen LogP contribution in [0, 0.1) is 6.92 Å². The molecule has 0 saturated heterocycles. The molecule has 0 unspecified atom stereocenters. The number of aliphatic hydroxyl groups is 1. The van der Waals surface area contributed by atoms with Gasteiger partial charge in [-0.15, -0.1) is 0 Å². The van der Waals surface area contributed by atoms with E-state index in [1.165, 1.54) is 12.8 Å². The van der Waals surface area contributed by atoms with Crippen molar-refractivity contribution in [1.29, 1.82) is 0 Å². The van der Waals surface area contributed by atoms with Crippen LogP contribution in [0.25, 0.3) is 0 Å². The molecule has 3 heteroatoms. The topological polar surface area (TPSA) is 32.3 Å². The van der Waals surface area contributed by atoms with Crippen molar-refractivity contribution in [3.63, 3.8) is 0 Å². The van der Waals surface area contributed by atoms with Crippen LogP contribution in [-0.4, -0.2) is 17.3 Å². The molecule has 0 bridgehead atoms. The van der Waals surface area contributed by atoms with Crippen molar-refractivity contribution in [3.8, 4) is 0 Å². The molecule has 0 spiro atoms. The molecule has 0 amide bonds. The van der Waals surface area contributed by atoms with Gasteiger partial charge in [0.15, 0.2) is 0 Å². The van der Waals surface area contributed by atoms with Gasteiger partial charge in [-0.05, 0) is 43.5 Å². The molecule has 100 valence electrons. The van der Waals surface area contributed by atoms with E-state index < -0.39 is 5.60 Å². The number of aryl methyl sites for hydroxylation is 1. The molecule has 0 aliphatic heterocycles. The van der Waals surface area contributed by atoms with Gasteiger partial charge in [0.1, 0.15) is 0 Å². The monoisotopic (exact) mass is 267 g/mol. The summed E-state index contributed by atoms with van der Waals surface area (Å²) in [6.45, 7) is 2.67. The Morgan fingerprint density at radius 3 is 2.50 bits per heavy atom. The zero-order chi connectivity index (χ0) is 13.0. The summed E-state index contributed by atoms with van der Waals surface area (Å²) in [5.74, 6) is 0. The molecule has 2 N–H and O–H groups in total. The molecular weight excluding hydrogens is 246 g/mol. The first-order chi connectivity index (χ1) is 8.59. The SMILES string of the molecule is Cc1cc(Cl)ccc1NCC1(O)CCCCCC1. The van der Waals surface area contributed by atoms with E-state index in [4.69, 9.17) is 11.6 Å². The van der Waals surface area contributed by atoms with Crippen molar-refractivity contribution in [2.24, 2.45) is 0 Å². The van der Waals surface area contributed by atoms with Crippen molar-refractivity contribution >= 4 is 17.3 Å². The minimum absolute atomic E-state index is 0.539. The number of halogens is 1. The van der Waals surface area contributed by atoms with Gasteiger partial charge in [0, 0.05) is 17.3 Å². The fourth-order valence-electron chi connectivity index (χ4n) is 2.65. The van der Waals surface area contributed by atoms with Crippen LogP contribution in [0.4, 0.5) is 5.69 Å². The average Bonchev–Trinajstić information content (AvgIpc) is 2.54. The van der Waals surface area contributed by atoms with Gasteiger partial charge < -0.3 is 10.4 Å². The normalized spacial score (nSPS) is 19.3. The first-order valence-electron chi connectivity index (χ1n) is 6.81. The lowest BCUT2D eigenvalue weighted by Crippen LogP contribution is -2.36. The van der Waals surface area contributed by atoms with E-state index in [1.54, 1.807) is 0 Å². The van der Waals surface area contributed by atoms with Crippen molar-refractivity contribution in [3.05, 3.63) is 28.8 Å². The Hall–Kier alpha value is -0.730. The number of hydrogen-bond acceptors (Lipinski definition) is 2. The van der Waals surface area contributed by atoms with E-state index in [1.807, 2.05) is 25.1 Å². The fraction of sp³-hybridized carbons (Fsp3) is 0.600. The first kappa shape index (κ1) is 13.7. The molecule has 0 aromatic heterocycles. The van der Waals surface area contributed by atoms with Crippen molar-refractivity contribution in [1.82, 2.24) is 0 Å². The third-order valence-electron chi connectivity index (χ3n) is 3.83. The lowest BCUT2D eigenvalue weighted by Gasteiger charge is -2.27. The van der Waals surface area contributed by atoms with E-state index in [2.05, 4.69) is 5.32 Å². The number of anilines is 1. The Morgan fingerprint density at radius 2 is 1.89 bits per heavy atom. The minimum atomic E-state index is -0.539. The predicted molar refractivity (Wildman–Crippen MR) is 77.3 cm³/mol. The van der Waals surface area contributed by atoms with Crippen LogP contribution in [0.1, 0.15) is 44.1 Å². The highest BCUT2D eigenvalue weighted by atomic mass is 35.5. The van der Waals surface area contributed by atoms with Crippen LogP contribution in [0.2, 0.25) is 5.02 Å². The van der Waals surface area contributed by atoms with Gasteiger partial charge in [-0.3, -0.25) is 0 Å². The second kappa shape index (κ2) is 5.94. The highest BCUT2D eigenvalue weighted by molar-refractivity contribution is 6.30. The lowest BCUT2D eigenvalue weighted by atomic mass is 9.94. The molecule has 0 radical (unpaired) electrons. The fourth-order valence-corrected chi connectivity index (χ4v) is 2.88. The molecule has 1 aromatic carbocycles. The van der Waals surface area contributed by atoms with Gasteiger partial charge in [0.25, 0.3) is 0 Å². The second-order valence-corrected chi connectivity index (χ2v) is 5.89. The Balaban J connectivity index is 1.97. The average molecular weight is 268 g/mol. The van der Waals surface area contributed by atoms with E-state index in [9.17, 15) is 5.11 Å². The number of rotatable bonds is 3. The molecule has 1 saturated carbocycles. The van der Waals surface area contributed by atoms with Gasteiger partial charge in [0.2, 0.25) is 0 Å². The summed E-state index contributed by atoms with van der Waals surface area (Å²) in [6.07, 6.45) is 6.60. The summed E-state index contributed by atoms with van der Waals surface area (Å²) >= 11 is 5.94. The maximum Gasteiger partial charge on any atom is 0.0819 e. The number of nitrogens with one attached hydrogen (secondary N) is 1. The van der Waals surface area contributed by atoms with Crippen LogP contribution < -0.4 is 5.32 Å². The van der Waals surface area contributed by atoms with Gasteiger partial charge in [-0.25, -0.2) is 0 Å². The number of benzene rings is 1. The molecule has 1 aliphatic rings. The highest BCUT2D eigenvalue weighted by Crippen LogP contribution is 2.28. The van der Waals surface area contributed by atoms with E-state index in [0.717, 1.165) is 42.0 Å². The van der Waals surface area contributed by atoms with Gasteiger partial charge in [-0.1, -0.05) is 37.3 Å². The lowest BCUT2D eigenvalue weighted by molar-refractivity contribution is 0.0381. The zero-order valence-electron chi connectivity index (χ0n) is 11.0. The van der Waals surface area contributed by atoms with Crippen LogP contribution in [0.3, 0.4) is 0 Å². The third kappa shape index (κ3) is 3.63. The Kier molecular flexibility index (Phi) is 4.52. The summed E-state index contributed by atoms with van der Waals surface area (Å²) in [7, 11) is 0. The van der Waals surface area contributed by atoms with Crippen LogP contribution in [0.15, 0.2) is 18.2 Å². The van der Waals surface area contributed by atoms with E-state index in [0.29, 0.717) is 6.54 Å². The van der Waals surface area contributed by atoms with Crippen LogP contribution in [-0.2, 0) is 0 Å². The molecule has 0 atom stereocenters. The molecule has 1 aliphatic carbocycles. The summed E-state index contributed by atoms with van der Waals surface area (Å²) in [5.41, 5.74) is 1.65. The molecule has 2 nitrogen and oxygen atoms in total. The molecule has 2 rings (SSSR count). The Bertz CT molecular complexity index is 397. The summed E-state index contributed by atoms with van der Waals surface area (Å²) in [5, 5.41) is 14.7. The van der Waals surface area contributed by atoms with Crippen LogP contribution in [0.5, 0.6) is 0 Å². The molecule has 1 aromatic rings. The largest absolute Gasteiger partial charge is 0.388 e. The third-order valence-corrected chi connectivity index (χ3v) is 4.07. The smallest absolute Gasteiger partial charge is 0.0819 e. The molecular formula is C15H22ClNO. The predicted octanol–water partition coefficient (Wildman–Crippen LogP) is 4.15. The van der Waals surface area contributed by atoms with Crippen LogP contribution >= 0.6 is 11.6 Å². The van der Waals surface area contributed by atoms with Crippen molar-refractivity contribution in [2.45, 2.75) is 51.0 Å². The number of hydrogen-bond donors (Lipinski definition) is 2. The standard InChI is InChI=1S/C15H22ClNO/c1-12-10-13(16)6-7-14(12)17-11-15(18)8-4-2-3-5-9-15/h6-7,10,17-18H,2-5,8-9,11H2,1H3. The highest BCUT2D eigenvalue weighted by Gasteiger charge is 2.27. The maximum atomic E-state index is 10.6. The first-order valence-corrected chi connectivity index (χ1v) is 7.19. The van der Waals surface area contributed by atoms with Gasteiger partial charge in [0.05, 0.1) is 5.60 Å². The van der Waals surface area contributed by atoms with Crippen molar-refractivity contribution in [2.75, 3.05) is 11.9 Å². The van der Waals surface area contributed by atoms with E-state index in [-0.39, 0.29) is 0 Å². The van der Waals surface area contributed by atoms with E-state index >= 15 is 0 Å². The molecule has 18 heavy (non-hydrogen) atoms. The quantitative estimate of drug-likeness (QED) is 0.807. The molecule has 1 fully saturated rings. The Morgan fingerprint density at radius 1 is 1.22 bits per heavy atom. The minimum Gasteiger partial charge on any atom is -0.388 e.